The van der Waals surface area contributed by atoms with Crippen molar-refractivity contribution in [2.24, 2.45) is 0 Å². The number of rotatable bonds is 2. The molecule has 1 atom stereocenters. The van der Waals surface area contributed by atoms with Crippen molar-refractivity contribution < 1.29 is 14.4 Å². The Morgan fingerprint density at radius 1 is 1.43 bits per heavy atom. The van der Waals surface area contributed by atoms with Crippen LogP contribution in [0, 0.1) is 0 Å². The maximum absolute atomic E-state index is 12.2. The maximum atomic E-state index is 12.2. The van der Waals surface area contributed by atoms with Gasteiger partial charge in [-0.05, 0) is 18.6 Å². The number of hydrogen-bond acceptors (Lipinski definition) is 4. The van der Waals surface area contributed by atoms with Crippen LogP contribution in [-0.2, 0) is 9.59 Å². The van der Waals surface area contributed by atoms with Gasteiger partial charge in [-0.15, -0.1) is 0 Å². The van der Waals surface area contributed by atoms with E-state index in [-0.39, 0.29) is 24.1 Å². The van der Waals surface area contributed by atoms with Crippen molar-refractivity contribution in [2.75, 3.05) is 7.05 Å². The lowest BCUT2D eigenvalue weighted by molar-refractivity contribution is -0.147. The minimum atomic E-state index is -0.655. The van der Waals surface area contributed by atoms with Crippen LogP contribution in [0.25, 0.3) is 10.9 Å². The van der Waals surface area contributed by atoms with Crippen LogP contribution in [0.15, 0.2) is 24.4 Å². The smallest absolute Gasteiger partial charge is 0.252 e. The van der Waals surface area contributed by atoms with Crippen molar-refractivity contribution in [2.45, 2.75) is 18.9 Å². The van der Waals surface area contributed by atoms with Gasteiger partial charge in [0.15, 0.2) is 0 Å². The summed E-state index contributed by atoms with van der Waals surface area (Å²) in [6.07, 6.45) is 2.26. The molecule has 108 valence electrons. The average molecular weight is 286 g/mol. The molecule has 7 heteroatoms. The van der Waals surface area contributed by atoms with Gasteiger partial charge in [-0.3, -0.25) is 24.4 Å². The van der Waals surface area contributed by atoms with E-state index in [1.807, 2.05) is 0 Å². The second kappa shape index (κ2) is 5.01. The molecule has 0 saturated carbocycles. The highest BCUT2D eigenvalue weighted by molar-refractivity contribution is 6.04. The van der Waals surface area contributed by atoms with E-state index in [2.05, 4.69) is 15.5 Å². The largest absolute Gasteiger partial charge is 0.340 e. The van der Waals surface area contributed by atoms with Crippen molar-refractivity contribution >= 4 is 28.6 Å². The van der Waals surface area contributed by atoms with Gasteiger partial charge in [0, 0.05) is 24.4 Å². The predicted molar refractivity (Wildman–Crippen MR) is 74.4 cm³/mol. The molecule has 1 unspecified atom stereocenters. The molecular weight excluding hydrogens is 272 g/mol. The van der Waals surface area contributed by atoms with Crippen LogP contribution in [0.3, 0.4) is 0 Å². The lowest BCUT2D eigenvalue weighted by Crippen LogP contribution is -2.52. The number of aromatic amines is 1. The fourth-order valence-electron chi connectivity index (χ4n) is 2.37. The van der Waals surface area contributed by atoms with Crippen LogP contribution in [0.4, 0.5) is 0 Å². The van der Waals surface area contributed by atoms with E-state index in [9.17, 15) is 14.4 Å². The summed E-state index contributed by atoms with van der Waals surface area (Å²) in [6.45, 7) is 0. The summed E-state index contributed by atoms with van der Waals surface area (Å²) >= 11 is 0. The number of hydrogen-bond donors (Lipinski definition) is 2. The number of H-pyrrole nitrogens is 1. The molecule has 3 rings (SSSR count). The molecule has 0 spiro atoms. The highest BCUT2D eigenvalue weighted by Gasteiger charge is 2.32. The molecule has 7 nitrogen and oxygen atoms in total. The first-order chi connectivity index (χ1) is 10.1. The topological polar surface area (TPSA) is 95.2 Å². The third kappa shape index (κ3) is 2.37. The zero-order valence-corrected chi connectivity index (χ0v) is 11.4. The average Bonchev–Trinajstić information content (AvgIpc) is 2.95. The van der Waals surface area contributed by atoms with Gasteiger partial charge in [-0.25, -0.2) is 0 Å². The monoisotopic (exact) mass is 286 g/mol. The Labute approximate surface area is 120 Å². The zero-order chi connectivity index (χ0) is 15.0. The van der Waals surface area contributed by atoms with Crippen LogP contribution in [0.5, 0.6) is 0 Å². The molecule has 1 aromatic heterocycles. The number of imide groups is 1. The van der Waals surface area contributed by atoms with Gasteiger partial charge in [0.2, 0.25) is 5.91 Å². The summed E-state index contributed by atoms with van der Waals surface area (Å²) in [5, 5.41) is 10.3. The Morgan fingerprint density at radius 3 is 3.05 bits per heavy atom. The Bertz CT molecular complexity index is 737. The molecule has 0 aliphatic carbocycles. The number of likely N-dealkylation sites (tertiary alicyclic amines) is 1. The molecule has 1 aliphatic rings. The van der Waals surface area contributed by atoms with E-state index in [0.29, 0.717) is 12.0 Å². The number of amides is 3. The normalized spacial score (nSPS) is 19.1. The molecule has 1 aliphatic heterocycles. The molecule has 2 N–H and O–H groups in total. The number of nitrogens with zero attached hydrogens (tertiary/aromatic N) is 2. The quantitative estimate of drug-likeness (QED) is 0.783. The number of likely N-dealkylation sites (N-methyl/N-ethyl adjacent to an activating group) is 1. The fourth-order valence-corrected chi connectivity index (χ4v) is 2.37. The molecular formula is C14H14N4O3. The van der Waals surface area contributed by atoms with E-state index in [1.54, 1.807) is 24.4 Å². The number of nitrogens with one attached hydrogen (secondary N) is 2. The molecule has 1 fully saturated rings. The van der Waals surface area contributed by atoms with Crippen LogP contribution in [-0.4, -0.2) is 45.9 Å². The van der Waals surface area contributed by atoms with Crippen LogP contribution < -0.4 is 5.32 Å². The first kappa shape index (κ1) is 13.3. The first-order valence-corrected chi connectivity index (χ1v) is 6.60. The lowest BCUT2D eigenvalue weighted by atomic mass is 10.0. The van der Waals surface area contributed by atoms with Crippen molar-refractivity contribution in [3.63, 3.8) is 0 Å². The van der Waals surface area contributed by atoms with E-state index >= 15 is 0 Å². The van der Waals surface area contributed by atoms with Crippen molar-refractivity contribution in [3.8, 4) is 0 Å². The minimum absolute atomic E-state index is 0.218. The molecule has 3 amide bonds. The van der Waals surface area contributed by atoms with Gasteiger partial charge in [-0.1, -0.05) is 6.07 Å². The number of carbonyl (C=O) groups is 3. The Morgan fingerprint density at radius 2 is 2.24 bits per heavy atom. The number of benzene rings is 1. The summed E-state index contributed by atoms with van der Waals surface area (Å²) in [4.78, 5) is 36.6. The van der Waals surface area contributed by atoms with Gasteiger partial charge in [0.1, 0.15) is 6.04 Å². The first-order valence-electron chi connectivity index (χ1n) is 6.60. The fraction of sp³-hybridized carbons (Fsp3) is 0.286. The van der Waals surface area contributed by atoms with E-state index in [0.717, 1.165) is 15.8 Å². The Balaban J connectivity index is 1.76. The molecule has 0 bridgehead atoms. The molecule has 2 aromatic rings. The Kier molecular flexibility index (Phi) is 3.17. The summed E-state index contributed by atoms with van der Waals surface area (Å²) < 4.78 is 0. The van der Waals surface area contributed by atoms with Crippen LogP contribution in [0.2, 0.25) is 0 Å². The number of fused-ring (bicyclic) bond motifs is 1. The van der Waals surface area contributed by atoms with E-state index in [1.165, 1.54) is 7.05 Å². The number of carbonyl (C=O) groups excluding carboxylic acids is 3. The van der Waals surface area contributed by atoms with Gasteiger partial charge in [0.05, 0.1) is 11.7 Å². The van der Waals surface area contributed by atoms with Gasteiger partial charge < -0.3 is 5.32 Å². The lowest BCUT2D eigenvalue weighted by Gasteiger charge is -2.28. The summed E-state index contributed by atoms with van der Waals surface area (Å²) in [5.74, 6) is -0.931. The second-order valence-corrected chi connectivity index (χ2v) is 5.03. The molecule has 21 heavy (non-hydrogen) atoms. The minimum Gasteiger partial charge on any atom is -0.340 e. The molecule has 1 aromatic carbocycles. The zero-order valence-electron chi connectivity index (χ0n) is 11.4. The highest BCUT2D eigenvalue weighted by Crippen LogP contribution is 2.15. The number of aromatic nitrogens is 2. The summed E-state index contributed by atoms with van der Waals surface area (Å²) in [5.41, 5.74) is 1.20. The van der Waals surface area contributed by atoms with Gasteiger partial charge >= 0.3 is 0 Å². The molecule has 1 saturated heterocycles. The predicted octanol–water partition coefficient (Wildman–Crippen LogP) is 0.440. The number of piperidine rings is 1. The summed E-state index contributed by atoms with van der Waals surface area (Å²) in [6, 6.07) is 4.49. The van der Waals surface area contributed by atoms with Crippen molar-refractivity contribution in [1.29, 1.82) is 0 Å². The Hall–Kier alpha value is -2.70. The SMILES string of the molecule is CN1C(=O)CCC(NC(=O)c2ccc3cn[nH]c3c2)C1=O. The standard InChI is InChI=1S/C14H14N4O3/c1-18-12(19)5-4-10(14(18)21)16-13(20)8-2-3-9-7-15-17-11(9)6-8/h2-3,6-7,10H,4-5H2,1H3,(H,15,17)(H,16,20). The van der Waals surface area contributed by atoms with Gasteiger partial charge in [0.25, 0.3) is 11.8 Å². The van der Waals surface area contributed by atoms with Gasteiger partial charge in [-0.2, -0.15) is 5.10 Å². The second-order valence-electron chi connectivity index (χ2n) is 5.03. The summed E-state index contributed by atoms with van der Waals surface area (Å²) in [7, 11) is 1.43. The third-order valence-electron chi connectivity index (χ3n) is 3.66. The van der Waals surface area contributed by atoms with E-state index in [4.69, 9.17) is 0 Å². The molecule has 0 radical (unpaired) electrons. The van der Waals surface area contributed by atoms with Crippen molar-refractivity contribution in [3.05, 3.63) is 30.0 Å². The third-order valence-corrected chi connectivity index (χ3v) is 3.66. The maximum Gasteiger partial charge on any atom is 0.252 e. The van der Waals surface area contributed by atoms with Crippen molar-refractivity contribution in [1.82, 2.24) is 20.4 Å². The molecule has 2 heterocycles. The van der Waals surface area contributed by atoms with E-state index < -0.39 is 6.04 Å². The van der Waals surface area contributed by atoms with Crippen LogP contribution >= 0.6 is 0 Å². The highest BCUT2D eigenvalue weighted by atomic mass is 16.2. The van der Waals surface area contributed by atoms with Crippen LogP contribution in [0.1, 0.15) is 23.2 Å².